The van der Waals surface area contributed by atoms with Gasteiger partial charge >= 0.3 is 0 Å². The van der Waals surface area contributed by atoms with Gasteiger partial charge in [0, 0.05) is 12.3 Å². The van der Waals surface area contributed by atoms with Gasteiger partial charge in [-0.15, -0.1) is 0 Å². The molecule has 1 unspecified atom stereocenters. The van der Waals surface area contributed by atoms with Crippen LogP contribution < -0.4 is 0 Å². The number of rotatable bonds is 4. The largest absolute Gasteiger partial charge is 0.294 e. The molecule has 0 aliphatic carbocycles. The average Bonchev–Trinajstić information content (AvgIpc) is 1.85. The molecular formula is C8H17NS. The summed E-state index contributed by atoms with van der Waals surface area (Å²) >= 11 is 4.13. The molecule has 0 radical (unpaired) electrons. The molecule has 1 nitrogen and oxygen atoms in total. The van der Waals surface area contributed by atoms with Crippen molar-refractivity contribution in [3.05, 3.63) is 0 Å². The van der Waals surface area contributed by atoms with Gasteiger partial charge in [-0.05, 0) is 25.0 Å². The van der Waals surface area contributed by atoms with Crippen LogP contribution in [0.5, 0.6) is 0 Å². The Bertz CT molecular complexity index is 99.4. The Labute approximate surface area is 69.3 Å². The quantitative estimate of drug-likeness (QED) is 0.478. The predicted octanol–water partition coefficient (Wildman–Crippen LogP) is 2.42. The van der Waals surface area contributed by atoms with Gasteiger partial charge in [0.05, 0.1) is 0 Å². The maximum atomic E-state index is 4.34. The van der Waals surface area contributed by atoms with Crippen LogP contribution in [0.2, 0.25) is 0 Å². The van der Waals surface area contributed by atoms with E-state index in [1.807, 2.05) is 6.21 Å². The highest BCUT2D eigenvalue weighted by atomic mass is 32.1. The van der Waals surface area contributed by atoms with Crippen LogP contribution in [-0.2, 0) is 0 Å². The molecular weight excluding hydrogens is 142 g/mol. The Morgan fingerprint density at radius 1 is 1.40 bits per heavy atom. The summed E-state index contributed by atoms with van der Waals surface area (Å²) in [5, 5.41) is 0. The molecule has 60 valence electrons. The minimum absolute atomic E-state index is 0.444. The summed E-state index contributed by atoms with van der Waals surface area (Å²) in [7, 11) is 0. The van der Waals surface area contributed by atoms with Gasteiger partial charge in [-0.25, -0.2) is 0 Å². The summed E-state index contributed by atoms with van der Waals surface area (Å²) in [6.45, 7) is 6.39. The fraction of sp³-hybridized carbons (Fsp3) is 0.875. The first kappa shape index (κ1) is 10.0. The molecule has 0 heterocycles. The third-order valence-electron chi connectivity index (χ3n) is 1.19. The molecule has 0 aromatic rings. The molecule has 0 spiro atoms. The van der Waals surface area contributed by atoms with Crippen molar-refractivity contribution in [2.75, 3.05) is 5.75 Å². The van der Waals surface area contributed by atoms with E-state index in [2.05, 4.69) is 38.4 Å². The highest BCUT2D eigenvalue weighted by Crippen LogP contribution is 1.98. The van der Waals surface area contributed by atoms with E-state index in [-0.39, 0.29) is 0 Å². The molecule has 0 saturated carbocycles. The zero-order valence-corrected chi connectivity index (χ0v) is 7.94. The molecule has 0 amide bonds. The van der Waals surface area contributed by atoms with Crippen LogP contribution in [0.25, 0.3) is 0 Å². The standard InChI is InChI=1S/C8H17NS/c1-7(2)6-9-8(3)4-5-10/h6-8,10H,4-5H2,1-3H3. The van der Waals surface area contributed by atoms with Gasteiger partial charge in [0.25, 0.3) is 0 Å². The minimum Gasteiger partial charge on any atom is -0.294 e. The van der Waals surface area contributed by atoms with Crippen molar-refractivity contribution in [1.82, 2.24) is 0 Å². The van der Waals surface area contributed by atoms with E-state index in [0.717, 1.165) is 12.2 Å². The van der Waals surface area contributed by atoms with Crippen LogP contribution in [0.15, 0.2) is 4.99 Å². The molecule has 2 heteroatoms. The summed E-state index contributed by atoms with van der Waals surface area (Å²) in [5.41, 5.74) is 0. The van der Waals surface area contributed by atoms with Gasteiger partial charge in [0.15, 0.2) is 0 Å². The average molecular weight is 159 g/mol. The molecule has 0 aliphatic rings. The lowest BCUT2D eigenvalue weighted by Gasteiger charge is -2.02. The number of aliphatic imine (C=N–C) groups is 1. The van der Waals surface area contributed by atoms with Crippen molar-refractivity contribution in [2.45, 2.75) is 33.2 Å². The molecule has 0 aromatic carbocycles. The summed E-state index contributed by atoms with van der Waals surface area (Å²) in [6, 6.07) is 0.444. The first-order chi connectivity index (χ1) is 4.66. The van der Waals surface area contributed by atoms with Crippen LogP contribution in [0.4, 0.5) is 0 Å². The lowest BCUT2D eigenvalue weighted by molar-refractivity contribution is 0.718. The molecule has 0 fully saturated rings. The molecule has 0 bridgehead atoms. The molecule has 0 saturated heterocycles. The van der Waals surface area contributed by atoms with Gasteiger partial charge < -0.3 is 0 Å². The van der Waals surface area contributed by atoms with Crippen LogP contribution in [0, 0.1) is 5.92 Å². The Kier molecular flexibility index (Phi) is 5.79. The number of hydrogen-bond donors (Lipinski definition) is 1. The Hall–Kier alpha value is 0.0200. The third kappa shape index (κ3) is 6.14. The summed E-state index contributed by atoms with van der Waals surface area (Å²) in [5.74, 6) is 1.50. The van der Waals surface area contributed by atoms with Gasteiger partial charge in [-0.2, -0.15) is 12.6 Å². The Morgan fingerprint density at radius 3 is 2.40 bits per heavy atom. The monoisotopic (exact) mass is 159 g/mol. The highest BCUT2D eigenvalue weighted by Gasteiger charge is 1.94. The topological polar surface area (TPSA) is 12.4 Å². The predicted molar refractivity (Wildman–Crippen MR) is 51.3 cm³/mol. The van der Waals surface area contributed by atoms with E-state index >= 15 is 0 Å². The van der Waals surface area contributed by atoms with Crippen LogP contribution in [0.3, 0.4) is 0 Å². The van der Waals surface area contributed by atoms with Crippen LogP contribution in [-0.4, -0.2) is 18.0 Å². The maximum absolute atomic E-state index is 4.34. The zero-order valence-electron chi connectivity index (χ0n) is 7.04. The molecule has 0 rings (SSSR count). The van der Waals surface area contributed by atoms with Crippen molar-refractivity contribution in [2.24, 2.45) is 10.9 Å². The number of thiol groups is 1. The summed E-state index contributed by atoms with van der Waals surface area (Å²) in [4.78, 5) is 4.34. The van der Waals surface area contributed by atoms with Crippen LogP contribution >= 0.6 is 12.6 Å². The number of hydrogen-bond acceptors (Lipinski definition) is 2. The highest BCUT2D eigenvalue weighted by molar-refractivity contribution is 7.80. The second kappa shape index (κ2) is 5.78. The first-order valence-corrected chi connectivity index (χ1v) is 4.44. The Morgan fingerprint density at radius 2 is 2.00 bits per heavy atom. The fourth-order valence-corrected chi connectivity index (χ4v) is 0.954. The van der Waals surface area contributed by atoms with E-state index in [1.54, 1.807) is 0 Å². The lowest BCUT2D eigenvalue weighted by atomic mass is 10.2. The Balaban J connectivity index is 3.45. The maximum Gasteiger partial charge on any atom is 0.0475 e. The van der Waals surface area contributed by atoms with E-state index in [1.165, 1.54) is 0 Å². The molecule has 10 heavy (non-hydrogen) atoms. The summed E-state index contributed by atoms with van der Waals surface area (Å²) < 4.78 is 0. The van der Waals surface area contributed by atoms with E-state index in [9.17, 15) is 0 Å². The van der Waals surface area contributed by atoms with Crippen molar-refractivity contribution in [3.63, 3.8) is 0 Å². The lowest BCUT2D eigenvalue weighted by Crippen LogP contribution is -2.00. The second-order valence-corrected chi connectivity index (χ2v) is 3.35. The molecule has 0 aromatic heterocycles. The zero-order chi connectivity index (χ0) is 7.98. The third-order valence-corrected chi connectivity index (χ3v) is 1.44. The van der Waals surface area contributed by atoms with Gasteiger partial charge in [0.2, 0.25) is 0 Å². The van der Waals surface area contributed by atoms with E-state index in [0.29, 0.717) is 12.0 Å². The first-order valence-electron chi connectivity index (χ1n) is 3.81. The van der Waals surface area contributed by atoms with E-state index < -0.39 is 0 Å². The van der Waals surface area contributed by atoms with Crippen LogP contribution in [0.1, 0.15) is 27.2 Å². The second-order valence-electron chi connectivity index (χ2n) is 2.90. The number of nitrogens with zero attached hydrogens (tertiary/aromatic N) is 1. The van der Waals surface area contributed by atoms with Crippen molar-refractivity contribution >= 4 is 18.8 Å². The SMILES string of the molecule is CC(C)C=NC(C)CCS. The minimum atomic E-state index is 0.444. The molecule has 0 aliphatic heterocycles. The van der Waals surface area contributed by atoms with Gasteiger partial charge in [0.1, 0.15) is 0 Å². The van der Waals surface area contributed by atoms with Gasteiger partial charge in [-0.1, -0.05) is 13.8 Å². The van der Waals surface area contributed by atoms with Crippen molar-refractivity contribution in [3.8, 4) is 0 Å². The van der Waals surface area contributed by atoms with Crippen molar-refractivity contribution < 1.29 is 0 Å². The fourth-order valence-electron chi connectivity index (χ4n) is 0.580. The normalized spacial score (nSPS) is 14.9. The molecule has 0 N–H and O–H groups in total. The summed E-state index contributed by atoms with van der Waals surface area (Å²) in [6.07, 6.45) is 3.08. The smallest absolute Gasteiger partial charge is 0.0475 e. The van der Waals surface area contributed by atoms with Gasteiger partial charge in [-0.3, -0.25) is 4.99 Å². The molecule has 1 atom stereocenters. The van der Waals surface area contributed by atoms with E-state index in [4.69, 9.17) is 0 Å². The van der Waals surface area contributed by atoms with Crippen molar-refractivity contribution in [1.29, 1.82) is 0 Å².